The first kappa shape index (κ1) is 37.4. The molecule has 1 fully saturated rings. The lowest BCUT2D eigenvalue weighted by atomic mass is 10.1. The molecule has 1 saturated heterocycles. The van der Waals surface area contributed by atoms with Crippen molar-refractivity contribution in [3.63, 3.8) is 0 Å². The zero-order valence-corrected chi connectivity index (χ0v) is 30.6. The van der Waals surface area contributed by atoms with E-state index in [9.17, 15) is 14.4 Å². The van der Waals surface area contributed by atoms with Gasteiger partial charge in [0.05, 0.1) is 43.6 Å². The lowest BCUT2D eigenvalue weighted by Gasteiger charge is -2.24. The summed E-state index contributed by atoms with van der Waals surface area (Å²) in [5, 5.41) is 10.4. The Hall–Kier alpha value is -6.38. The third kappa shape index (κ3) is 7.99. The Labute approximate surface area is 311 Å². The summed E-state index contributed by atoms with van der Waals surface area (Å²) < 4.78 is 22.5. The summed E-state index contributed by atoms with van der Waals surface area (Å²) in [5.74, 6) is 6.09. The van der Waals surface area contributed by atoms with E-state index in [4.69, 9.17) is 30.7 Å². The number of aromatic nitrogens is 6. The smallest absolute Gasteiger partial charge is 0.276 e. The molecule has 0 atom stereocenters. The fourth-order valence-electron chi connectivity index (χ4n) is 6.24. The van der Waals surface area contributed by atoms with E-state index in [0.29, 0.717) is 83.8 Å². The van der Waals surface area contributed by atoms with Crippen molar-refractivity contribution in [1.29, 1.82) is 0 Å². The second-order valence-electron chi connectivity index (χ2n) is 12.4. The van der Waals surface area contributed by atoms with Crippen LogP contribution in [0.3, 0.4) is 0 Å². The molecular formula is C37H43N11O6. The van der Waals surface area contributed by atoms with Crippen LogP contribution in [0.5, 0.6) is 11.5 Å². The Bertz CT molecular complexity index is 2300. The highest BCUT2D eigenvalue weighted by atomic mass is 16.5. The van der Waals surface area contributed by atoms with Crippen molar-refractivity contribution in [2.75, 3.05) is 64.2 Å². The molecule has 282 valence electrons. The number of nitrogens with zero attached hydrogens (tertiary/aromatic N) is 7. The summed E-state index contributed by atoms with van der Waals surface area (Å²) in [6, 6.07) is 8.03. The van der Waals surface area contributed by atoms with E-state index in [0.717, 1.165) is 13.1 Å². The minimum absolute atomic E-state index is 0.0949. The number of allylic oxidation sites excluding steroid dienone is 2. The average molecular weight is 738 g/mol. The minimum atomic E-state index is -0.642. The van der Waals surface area contributed by atoms with Crippen molar-refractivity contribution in [3.8, 4) is 23.3 Å². The Morgan fingerprint density at radius 3 is 2.13 bits per heavy atom. The van der Waals surface area contributed by atoms with Gasteiger partial charge in [-0.2, -0.15) is 5.10 Å². The maximum Gasteiger partial charge on any atom is 0.276 e. The maximum atomic E-state index is 13.5. The number of carbonyl (C=O) groups excluding carboxylic acids is 3. The third-order valence-electron chi connectivity index (χ3n) is 8.86. The first-order valence-corrected chi connectivity index (χ1v) is 17.4. The summed E-state index contributed by atoms with van der Waals surface area (Å²) in [5.41, 5.74) is 14.9. The maximum absolute atomic E-state index is 13.5. The van der Waals surface area contributed by atoms with Crippen LogP contribution < -0.4 is 31.6 Å². The summed E-state index contributed by atoms with van der Waals surface area (Å²) >= 11 is 0. The van der Waals surface area contributed by atoms with Gasteiger partial charge in [-0.1, -0.05) is 24.0 Å². The number of fused-ring (bicyclic) bond motifs is 2. The first-order valence-electron chi connectivity index (χ1n) is 17.4. The summed E-state index contributed by atoms with van der Waals surface area (Å²) in [4.78, 5) is 49.4. The number of benzene rings is 2. The lowest BCUT2D eigenvalue weighted by molar-refractivity contribution is 0.0443. The quantitative estimate of drug-likeness (QED) is 0.0960. The number of nitrogens with one attached hydrogen (secondary N) is 2. The number of amides is 3. The monoisotopic (exact) mass is 737 g/mol. The Morgan fingerprint density at radius 2 is 1.52 bits per heavy atom. The van der Waals surface area contributed by atoms with E-state index < -0.39 is 17.7 Å². The fourth-order valence-corrected chi connectivity index (χ4v) is 6.24. The number of imidazole rings is 2. The molecule has 0 spiro atoms. The van der Waals surface area contributed by atoms with Gasteiger partial charge < -0.3 is 40.1 Å². The van der Waals surface area contributed by atoms with Gasteiger partial charge in [-0.25, -0.2) is 9.97 Å². The molecule has 1 aliphatic heterocycles. The van der Waals surface area contributed by atoms with Crippen LogP contribution in [0.2, 0.25) is 0 Å². The number of anilines is 2. The molecule has 6 N–H and O–H groups in total. The minimum Gasteiger partial charge on any atom is -0.494 e. The molecule has 17 nitrogen and oxygen atoms in total. The number of rotatable bonds is 14. The Balaban J connectivity index is 1.30. The van der Waals surface area contributed by atoms with E-state index in [-0.39, 0.29) is 30.2 Å². The van der Waals surface area contributed by atoms with Gasteiger partial charge in [0.1, 0.15) is 34.8 Å². The van der Waals surface area contributed by atoms with Gasteiger partial charge in [0.2, 0.25) is 23.7 Å². The summed E-state index contributed by atoms with van der Waals surface area (Å²) in [6.07, 6.45) is 3.83. The van der Waals surface area contributed by atoms with Crippen LogP contribution >= 0.6 is 0 Å². The molecule has 0 bridgehead atoms. The van der Waals surface area contributed by atoms with Gasteiger partial charge in [-0.05, 0) is 44.2 Å². The highest BCUT2D eigenvalue weighted by Crippen LogP contribution is 2.32. The number of hydrogen-bond donors (Lipinski definition) is 4. The summed E-state index contributed by atoms with van der Waals surface area (Å²) in [7, 11) is 3.23. The standard InChI is InChI=1S/C37H43N11O6/c1-5-48-28(18-23(2)44-48)35(51)43-37-42-26-19-24(33(38)49)21-29(52-4)31(26)47(37)12-7-6-11-46-32-27(41-36(46)40-3)20-25(34(39)50)22-30(32)54-15-9-8-10-45-13-16-53-17-14-45/h6-7,18-22H,5,10-17H2,1-4H3,(H2,38,49)(H2,39,50)(H,40,41)(H,42,43,51)/b7-6+. The molecule has 17 heteroatoms. The number of morpholine rings is 1. The van der Waals surface area contributed by atoms with Crippen LogP contribution in [-0.2, 0) is 24.4 Å². The van der Waals surface area contributed by atoms with Gasteiger partial charge in [-0.3, -0.25) is 29.3 Å². The van der Waals surface area contributed by atoms with Crippen molar-refractivity contribution in [1.82, 2.24) is 33.8 Å². The van der Waals surface area contributed by atoms with Gasteiger partial charge in [0.15, 0.2) is 0 Å². The van der Waals surface area contributed by atoms with Crippen LogP contribution in [0.4, 0.5) is 11.9 Å². The van der Waals surface area contributed by atoms with Crippen molar-refractivity contribution < 1.29 is 28.6 Å². The molecule has 5 aromatic rings. The van der Waals surface area contributed by atoms with Crippen molar-refractivity contribution in [2.24, 2.45) is 11.5 Å². The Morgan fingerprint density at radius 1 is 0.907 bits per heavy atom. The molecule has 3 aromatic heterocycles. The number of hydrogen-bond acceptors (Lipinski definition) is 11. The number of primary amides is 2. The molecule has 0 aliphatic carbocycles. The summed E-state index contributed by atoms with van der Waals surface area (Å²) in [6.45, 7) is 8.55. The van der Waals surface area contributed by atoms with Crippen LogP contribution in [0.25, 0.3) is 22.1 Å². The molecule has 0 unspecified atom stereocenters. The molecule has 0 radical (unpaired) electrons. The van der Waals surface area contributed by atoms with E-state index in [1.54, 1.807) is 46.6 Å². The zero-order chi connectivity index (χ0) is 38.4. The van der Waals surface area contributed by atoms with E-state index in [1.165, 1.54) is 7.11 Å². The molecule has 4 heterocycles. The van der Waals surface area contributed by atoms with Crippen molar-refractivity contribution in [3.05, 3.63) is 65.0 Å². The predicted molar refractivity (Wildman–Crippen MR) is 203 cm³/mol. The molecular weight excluding hydrogens is 694 g/mol. The van der Waals surface area contributed by atoms with E-state index >= 15 is 0 Å². The molecule has 6 rings (SSSR count). The highest BCUT2D eigenvalue weighted by molar-refractivity contribution is 6.04. The largest absolute Gasteiger partial charge is 0.494 e. The van der Waals surface area contributed by atoms with Gasteiger partial charge in [-0.15, -0.1) is 0 Å². The number of methoxy groups -OCH3 is 1. The normalized spacial score (nSPS) is 13.3. The van der Waals surface area contributed by atoms with E-state index in [2.05, 4.69) is 37.5 Å². The van der Waals surface area contributed by atoms with Crippen LogP contribution in [0, 0.1) is 18.8 Å². The van der Waals surface area contributed by atoms with Crippen LogP contribution in [0.1, 0.15) is 43.8 Å². The topological polar surface area (TPSA) is 212 Å². The fraction of sp³-hybridized carbons (Fsp3) is 0.351. The molecule has 54 heavy (non-hydrogen) atoms. The second-order valence-corrected chi connectivity index (χ2v) is 12.4. The van der Waals surface area contributed by atoms with Crippen LogP contribution in [0.15, 0.2) is 42.5 Å². The zero-order valence-electron chi connectivity index (χ0n) is 30.6. The number of aryl methyl sites for hydroxylation is 2. The first-order chi connectivity index (χ1) is 26.1. The van der Waals surface area contributed by atoms with Gasteiger partial charge in [0, 0.05) is 50.9 Å². The average Bonchev–Trinajstić information content (AvgIpc) is 3.85. The number of ether oxygens (including phenoxy) is 3. The Kier molecular flexibility index (Phi) is 11.4. The lowest BCUT2D eigenvalue weighted by Crippen LogP contribution is -2.36. The van der Waals surface area contributed by atoms with Crippen LogP contribution in [-0.4, -0.2) is 105 Å². The second kappa shape index (κ2) is 16.5. The molecule has 0 saturated carbocycles. The highest BCUT2D eigenvalue weighted by Gasteiger charge is 2.22. The number of nitrogens with two attached hydrogens (primary N) is 2. The van der Waals surface area contributed by atoms with Gasteiger partial charge in [0.25, 0.3) is 5.91 Å². The molecule has 3 amide bonds. The third-order valence-corrected chi connectivity index (χ3v) is 8.86. The molecule has 1 aliphatic rings. The van der Waals surface area contributed by atoms with Crippen molar-refractivity contribution >= 4 is 51.7 Å². The van der Waals surface area contributed by atoms with Gasteiger partial charge >= 0.3 is 0 Å². The molecule has 2 aromatic carbocycles. The SMILES string of the molecule is CCn1nc(C)cc1C(=O)Nc1nc2cc(C(N)=O)cc(OC)c2n1C/C=C/Cn1c(NC)nc2cc(C(N)=O)cc(OCC#CCN3CCOCC3)c21. The van der Waals surface area contributed by atoms with Crippen molar-refractivity contribution in [2.45, 2.75) is 33.5 Å². The number of carbonyl (C=O) groups is 3. The predicted octanol–water partition coefficient (Wildman–Crippen LogP) is 2.38. The van der Waals surface area contributed by atoms with E-state index in [1.807, 2.05) is 30.6 Å².